The lowest BCUT2D eigenvalue weighted by molar-refractivity contribution is -0.168. The van der Waals surface area contributed by atoms with Crippen molar-refractivity contribution in [3.05, 3.63) is 65.1 Å². The highest BCUT2D eigenvalue weighted by Gasteiger charge is 2.75. The second-order valence-electron chi connectivity index (χ2n) is 9.66. The molecule has 1 aliphatic heterocycles. The number of halogens is 2. The Morgan fingerprint density at radius 2 is 2.00 bits per heavy atom. The molecule has 2 bridgehead atoms. The molecule has 7 rings (SSSR count). The summed E-state index contributed by atoms with van der Waals surface area (Å²) < 4.78 is 33.9. The third-order valence-corrected chi connectivity index (χ3v) is 7.53. The van der Waals surface area contributed by atoms with Crippen LogP contribution in [0.15, 0.2) is 36.5 Å². The summed E-state index contributed by atoms with van der Waals surface area (Å²) in [6.07, 6.45) is 3.22. The lowest BCUT2D eigenvalue weighted by Gasteiger charge is -2.36. The number of hydrogen-bond acceptors (Lipinski definition) is 7. The maximum Gasteiger partial charge on any atom is 0.222 e. The van der Waals surface area contributed by atoms with Crippen molar-refractivity contribution in [3.8, 4) is 23.1 Å². The Balaban J connectivity index is 1.30. The van der Waals surface area contributed by atoms with E-state index >= 15 is 0 Å². The van der Waals surface area contributed by atoms with Crippen LogP contribution in [0.25, 0.3) is 11.3 Å². The third-order valence-electron chi connectivity index (χ3n) is 7.53. The molecule has 1 saturated carbocycles. The average molecular weight is 459 g/mol. The van der Waals surface area contributed by atoms with Gasteiger partial charge in [0.2, 0.25) is 5.95 Å². The van der Waals surface area contributed by atoms with Crippen molar-refractivity contribution in [1.29, 1.82) is 0 Å². The molecular formula is C25H19F2N5O2. The van der Waals surface area contributed by atoms with Gasteiger partial charge < -0.3 is 15.2 Å². The van der Waals surface area contributed by atoms with E-state index in [0.717, 1.165) is 29.8 Å². The van der Waals surface area contributed by atoms with Gasteiger partial charge in [0.25, 0.3) is 0 Å². The molecule has 170 valence electrons. The maximum absolute atomic E-state index is 14.4. The van der Waals surface area contributed by atoms with E-state index in [1.54, 1.807) is 12.3 Å². The zero-order valence-corrected chi connectivity index (χ0v) is 18.0. The standard InChI is InChI=1S/C25H19F2N5O2/c26-16-2-1-3-17(27)20(16)18-8-15-14-4-6-23(9-14)10-25(23,21(15)32-31-18)19-5-7-28-22(30-19)29-11-24(33)12-34-13-24/h1-3,5,7-8,14,33H,9-13H2,(H,28,29,30)/t14-,23?,25-/m0/s1. The molecule has 34 heavy (non-hydrogen) atoms. The zero-order valence-electron chi connectivity index (χ0n) is 18.0. The molecule has 2 fully saturated rings. The van der Waals surface area contributed by atoms with Crippen molar-refractivity contribution < 1.29 is 18.6 Å². The van der Waals surface area contributed by atoms with E-state index in [2.05, 4.69) is 32.3 Å². The largest absolute Gasteiger partial charge is 0.383 e. The minimum Gasteiger partial charge on any atom is -0.383 e. The quantitative estimate of drug-likeness (QED) is 0.567. The first kappa shape index (κ1) is 19.9. The second kappa shape index (κ2) is 6.56. The van der Waals surface area contributed by atoms with E-state index in [-0.39, 0.29) is 42.3 Å². The highest BCUT2D eigenvalue weighted by Crippen LogP contribution is 2.75. The molecule has 0 radical (unpaired) electrons. The number of aromatic nitrogens is 4. The summed E-state index contributed by atoms with van der Waals surface area (Å²) in [5.41, 5.74) is 0.621. The third kappa shape index (κ3) is 2.58. The molecule has 1 saturated heterocycles. The molecule has 0 amide bonds. The van der Waals surface area contributed by atoms with Gasteiger partial charge in [0.05, 0.1) is 53.2 Å². The van der Waals surface area contributed by atoms with E-state index in [4.69, 9.17) is 9.72 Å². The first-order valence-electron chi connectivity index (χ1n) is 11.2. The second-order valence-corrected chi connectivity index (χ2v) is 9.66. The lowest BCUT2D eigenvalue weighted by Crippen LogP contribution is -2.54. The summed E-state index contributed by atoms with van der Waals surface area (Å²) in [5, 5.41) is 22.2. The van der Waals surface area contributed by atoms with Gasteiger partial charge in [0, 0.05) is 12.1 Å². The van der Waals surface area contributed by atoms with Crippen LogP contribution in [0.5, 0.6) is 0 Å². The number of nitrogens with zero attached hydrogens (tertiary/aromatic N) is 4. The molecular weight excluding hydrogens is 440 g/mol. The summed E-state index contributed by atoms with van der Waals surface area (Å²) >= 11 is 0. The molecule has 1 aromatic carbocycles. The predicted octanol–water partition coefficient (Wildman–Crippen LogP) is 2.57. The molecule has 2 aromatic heterocycles. The van der Waals surface area contributed by atoms with Crippen LogP contribution in [-0.2, 0) is 10.2 Å². The Hall–Kier alpha value is -3.48. The van der Waals surface area contributed by atoms with Gasteiger partial charge in [-0.05, 0) is 42.7 Å². The highest BCUT2D eigenvalue weighted by atomic mass is 19.1. The molecule has 1 spiro atoms. The van der Waals surface area contributed by atoms with E-state index in [1.807, 2.05) is 6.07 Å². The van der Waals surface area contributed by atoms with Crippen molar-refractivity contribution in [2.24, 2.45) is 5.41 Å². The van der Waals surface area contributed by atoms with Crippen molar-refractivity contribution in [3.63, 3.8) is 0 Å². The van der Waals surface area contributed by atoms with Gasteiger partial charge in [0.15, 0.2) is 0 Å². The van der Waals surface area contributed by atoms with Crippen LogP contribution in [0.3, 0.4) is 0 Å². The molecule has 3 heterocycles. The van der Waals surface area contributed by atoms with Gasteiger partial charge in [-0.3, -0.25) is 0 Å². The number of rotatable bonds is 5. The van der Waals surface area contributed by atoms with Crippen LogP contribution in [0.1, 0.15) is 35.7 Å². The first-order chi connectivity index (χ1) is 16.4. The van der Waals surface area contributed by atoms with Crippen molar-refractivity contribution in [1.82, 2.24) is 20.2 Å². The Bertz CT molecular complexity index is 1410. The minimum absolute atomic E-state index is 0.0537. The summed E-state index contributed by atoms with van der Waals surface area (Å²) in [5.74, 6) is 5.75. The zero-order chi connectivity index (χ0) is 23.1. The summed E-state index contributed by atoms with van der Waals surface area (Å²) in [4.78, 5) is 9.06. The van der Waals surface area contributed by atoms with Gasteiger partial charge >= 0.3 is 0 Å². The van der Waals surface area contributed by atoms with Gasteiger partial charge in [-0.25, -0.2) is 18.7 Å². The first-order valence-corrected chi connectivity index (χ1v) is 11.2. The number of aliphatic hydroxyl groups is 1. The SMILES string of the molecule is OC1(CNc2nccc([C@]34CC35C#C[C@@H](C5)c3cc(-c5c(F)cccc5F)nnc34)n2)COC1. The normalized spacial score (nSPS) is 28.7. The molecule has 1 unspecified atom stereocenters. The topological polar surface area (TPSA) is 93.1 Å². The fourth-order valence-electron chi connectivity index (χ4n) is 5.67. The molecule has 3 atom stereocenters. The highest BCUT2D eigenvalue weighted by molar-refractivity contribution is 5.67. The number of hydrogen-bond donors (Lipinski definition) is 2. The molecule has 4 aliphatic rings. The number of nitrogens with one attached hydrogen (secondary N) is 1. The number of anilines is 1. The Morgan fingerprint density at radius 1 is 1.18 bits per heavy atom. The van der Waals surface area contributed by atoms with E-state index in [9.17, 15) is 13.9 Å². The van der Waals surface area contributed by atoms with Crippen LogP contribution in [0.2, 0.25) is 0 Å². The van der Waals surface area contributed by atoms with Gasteiger partial charge in [-0.15, -0.1) is 5.10 Å². The summed E-state index contributed by atoms with van der Waals surface area (Å²) in [6, 6.07) is 7.34. The number of fused-ring (bicyclic) bond motifs is 4. The molecule has 7 nitrogen and oxygen atoms in total. The minimum atomic E-state index is -0.913. The van der Waals surface area contributed by atoms with Crippen LogP contribution < -0.4 is 5.32 Å². The lowest BCUT2D eigenvalue weighted by atomic mass is 9.75. The van der Waals surface area contributed by atoms with Crippen LogP contribution in [0.4, 0.5) is 14.7 Å². The van der Waals surface area contributed by atoms with Crippen LogP contribution >= 0.6 is 0 Å². The smallest absolute Gasteiger partial charge is 0.222 e. The summed E-state index contributed by atoms with van der Waals surface area (Å²) in [7, 11) is 0. The van der Waals surface area contributed by atoms with Gasteiger partial charge in [-0.2, -0.15) is 5.10 Å². The van der Waals surface area contributed by atoms with Gasteiger partial charge in [0.1, 0.15) is 17.2 Å². The predicted molar refractivity (Wildman–Crippen MR) is 117 cm³/mol. The van der Waals surface area contributed by atoms with Crippen LogP contribution in [0, 0.1) is 28.9 Å². The molecule has 9 heteroatoms. The van der Waals surface area contributed by atoms with Crippen molar-refractivity contribution >= 4 is 5.95 Å². The maximum atomic E-state index is 14.4. The van der Waals surface area contributed by atoms with Crippen molar-refractivity contribution in [2.75, 3.05) is 25.1 Å². The molecule has 2 N–H and O–H groups in total. The number of ether oxygens (including phenoxy) is 1. The Labute approximate surface area is 193 Å². The summed E-state index contributed by atoms with van der Waals surface area (Å²) in [6.45, 7) is 0.833. The van der Waals surface area contributed by atoms with Gasteiger partial charge in [-0.1, -0.05) is 17.9 Å². The molecule has 3 aliphatic carbocycles. The molecule has 3 aromatic rings. The van der Waals surface area contributed by atoms with E-state index < -0.39 is 22.7 Å². The monoisotopic (exact) mass is 459 g/mol. The Morgan fingerprint density at radius 3 is 2.76 bits per heavy atom. The fraction of sp³-hybridized carbons (Fsp3) is 0.360. The fourth-order valence-corrected chi connectivity index (χ4v) is 5.67. The Kier molecular flexibility index (Phi) is 3.84. The van der Waals surface area contributed by atoms with E-state index in [0.29, 0.717) is 5.95 Å². The van der Waals surface area contributed by atoms with E-state index in [1.165, 1.54) is 18.2 Å². The van der Waals surface area contributed by atoms with Crippen molar-refractivity contribution in [2.45, 2.75) is 29.8 Å². The van der Waals surface area contributed by atoms with Crippen LogP contribution in [-0.4, -0.2) is 50.6 Å². The average Bonchev–Trinajstić information content (AvgIpc) is 3.34. The number of benzene rings is 1.